The van der Waals surface area contributed by atoms with Gasteiger partial charge in [0.15, 0.2) is 0 Å². The molecule has 1 aliphatic carbocycles. The van der Waals surface area contributed by atoms with Crippen molar-refractivity contribution in [3.63, 3.8) is 0 Å². The highest BCUT2D eigenvalue weighted by Gasteiger charge is 2.30. The summed E-state index contributed by atoms with van der Waals surface area (Å²) in [6.45, 7) is 8.14. The monoisotopic (exact) mass is 449 g/mol. The number of fused-ring (bicyclic) bond motifs is 1. The quantitative estimate of drug-likeness (QED) is 0.453. The van der Waals surface area contributed by atoms with Crippen LogP contribution in [0.2, 0.25) is 0 Å². The maximum absolute atomic E-state index is 5.79. The van der Waals surface area contributed by atoms with Crippen molar-refractivity contribution in [1.29, 1.82) is 0 Å². The second-order valence-corrected chi connectivity index (χ2v) is 9.48. The van der Waals surface area contributed by atoms with Crippen LogP contribution < -0.4 is 14.4 Å². The Kier molecular flexibility index (Phi) is 6.19. The van der Waals surface area contributed by atoms with E-state index in [0.29, 0.717) is 5.92 Å². The smallest absolute Gasteiger partial charge is 0.132 e. The van der Waals surface area contributed by atoms with Gasteiger partial charge in [-0.15, -0.1) is 0 Å². The first-order valence-electron chi connectivity index (χ1n) is 12.2. The standard InChI is InChI=1S/C27H35N3O3/c1-5-21-27(29(15-19-9-10-19)16-20-11-12-33-17-20)23-8-6-7-22(30(23)28-21)26-24(31-3)13-18(2)14-25(26)32-4/h6-8,13-14,19-20H,5,9-12,15-17H2,1-4H3. The minimum atomic E-state index is 0.587. The lowest BCUT2D eigenvalue weighted by Crippen LogP contribution is -2.32. The van der Waals surface area contributed by atoms with Crippen LogP contribution in [0.5, 0.6) is 11.5 Å². The second-order valence-electron chi connectivity index (χ2n) is 9.48. The van der Waals surface area contributed by atoms with E-state index in [4.69, 9.17) is 19.3 Å². The summed E-state index contributed by atoms with van der Waals surface area (Å²) in [5.41, 5.74) is 6.59. The van der Waals surface area contributed by atoms with Crippen molar-refractivity contribution >= 4 is 11.2 Å². The van der Waals surface area contributed by atoms with Crippen molar-refractivity contribution < 1.29 is 14.2 Å². The molecule has 0 spiro atoms. The zero-order chi connectivity index (χ0) is 22.9. The fourth-order valence-corrected chi connectivity index (χ4v) is 5.08. The molecule has 2 fully saturated rings. The topological polar surface area (TPSA) is 48.2 Å². The summed E-state index contributed by atoms with van der Waals surface area (Å²) in [6.07, 6.45) is 4.70. The van der Waals surface area contributed by atoms with E-state index < -0.39 is 0 Å². The van der Waals surface area contributed by atoms with Crippen LogP contribution in [-0.2, 0) is 11.2 Å². The molecule has 2 aromatic heterocycles. The van der Waals surface area contributed by atoms with E-state index in [1.165, 1.54) is 18.5 Å². The maximum Gasteiger partial charge on any atom is 0.132 e. The van der Waals surface area contributed by atoms with E-state index in [9.17, 15) is 0 Å². The highest BCUT2D eigenvalue weighted by molar-refractivity contribution is 5.82. The molecule has 6 nitrogen and oxygen atoms in total. The predicted molar refractivity (Wildman–Crippen MR) is 132 cm³/mol. The number of aromatic nitrogens is 2. The summed E-state index contributed by atoms with van der Waals surface area (Å²) in [6, 6.07) is 10.5. The van der Waals surface area contributed by atoms with Gasteiger partial charge >= 0.3 is 0 Å². The van der Waals surface area contributed by atoms with Gasteiger partial charge < -0.3 is 19.1 Å². The van der Waals surface area contributed by atoms with Crippen molar-refractivity contribution in [3.8, 4) is 22.8 Å². The Morgan fingerprint density at radius 2 is 1.79 bits per heavy atom. The van der Waals surface area contributed by atoms with Crippen LogP contribution in [0, 0.1) is 18.8 Å². The minimum Gasteiger partial charge on any atom is -0.496 e. The molecule has 1 atom stereocenters. The molecule has 1 aliphatic heterocycles. The Hall–Kier alpha value is -2.73. The Balaban J connectivity index is 1.66. The highest BCUT2D eigenvalue weighted by Crippen LogP contribution is 2.42. The second kappa shape index (κ2) is 9.26. The van der Waals surface area contributed by atoms with Gasteiger partial charge in [-0.1, -0.05) is 13.0 Å². The molecule has 2 aliphatic rings. The van der Waals surface area contributed by atoms with Gasteiger partial charge in [0.25, 0.3) is 0 Å². The number of hydrogen-bond acceptors (Lipinski definition) is 5. The number of hydrogen-bond donors (Lipinski definition) is 0. The van der Waals surface area contributed by atoms with Crippen LogP contribution in [0.15, 0.2) is 30.3 Å². The average Bonchev–Trinajstić information content (AvgIpc) is 3.34. The largest absolute Gasteiger partial charge is 0.496 e. The van der Waals surface area contributed by atoms with Crippen molar-refractivity contribution in [2.45, 2.75) is 39.5 Å². The normalized spacial score (nSPS) is 18.1. The van der Waals surface area contributed by atoms with Gasteiger partial charge in [0.05, 0.1) is 49.0 Å². The summed E-state index contributed by atoms with van der Waals surface area (Å²) >= 11 is 0. The Labute approximate surface area is 196 Å². The van der Waals surface area contributed by atoms with Crippen molar-refractivity contribution in [1.82, 2.24) is 9.61 Å². The average molecular weight is 450 g/mol. The van der Waals surface area contributed by atoms with Crippen LogP contribution >= 0.6 is 0 Å². The van der Waals surface area contributed by atoms with Crippen molar-refractivity contribution in [3.05, 3.63) is 41.6 Å². The number of anilines is 1. The maximum atomic E-state index is 5.79. The zero-order valence-electron chi connectivity index (χ0n) is 20.3. The molecule has 0 bridgehead atoms. The van der Waals surface area contributed by atoms with Crippen molar-refractivity contribution in [2.75, 3.05) is 45.4 Å². The molecule has 3 aromatic rings. The van der Waals surface area contributed by atoms with Gasteiger partial charge in [0.2, 0.25) is 0 Å². The summed E-state index contributed by atoms with van der Waals surface area (Å²) in [7, 11) is 3.43. The highest BCUT2D eigenvalue weighted by atomic mass is 16.5. The lowest BCUT2D eigenvalue weighted by atomic mass is 10.0. The van der Waals surface area contributed by atoms with Crippen LogP contribution in [0.4, 0.5) is 5.69 Å². The van der Waals surface area contributed by atoms with Gasteiger partial charge in [-0.05, 0) is 68.4 Å². The molecule has 5 rings (SSSR count). The molecule has 33 heavy (non-hydrogen) atoms. The molecule has 0 radical (unpaired) electrons. The summed E-state index contributed by atoms with van der Waals surface area (Å²) in [5.74, 6) is 2.98. The van der Waals surface area contributed by atoms with E-state index in [1.807, 2.05) is 0 Å². The molecule has 0 amide bonds. The molecule has 3 heterocycles. The third-order valence-corrected chi connectivity index (χ3v) is 6.94. The van der Waals surface area contributed by atoms with Gasteiger partial charge in [0.1, 0.15) is 11.5 Å². The molecule has 6 heteroatoms. The third-order valence-electron chi connectivity index (χ3n) is 6.94. The van der Waals surface area contributed by atoms with Gasteiger partial charge in [0, 0.05) is 25.6 Å². The first-order valence-corrected chi connectivity index (χ1v) is 12.2. The molecule has 1 aromatic carbocycles. The zero-order valence-corrected chi connectivity index (χ0v) is 20.3. The number of benzene rings is 1. The van der Waals surface area contributed by atoms with Crippen LogP contribution in [-0.4, -0.2) is 50.1 Å². The van der Waals surface area contributed by atoms with Gasteiger partial charge in [-0.25, -0.2) is 4.52 Å². The van der Waals surface area contributed by atoms with Crippen molar-refractivity contribution in [2.24, 2.45) is 11.8 Å². The Bertz CT molecular complexity index is 1100. The fourth-order valence-electron chi connectivity index (χ4n) is 5.08. The van der Waals surface area contributed by atoms with Crippen LogP contribution in [0.25, 0.3) is 16.8 Å². The summed E-state index contributed by atoms with van der Waals surface area (Å²) in [5, 5.41) is 5.14. The number of aryl methyl sites for hydroxylation is 2. The van der Waals surface area contributed by atoms with Crippen LogP contribution in [0.1, 0.15) is 37.4 Å². The van der Waals surface area contributed by atoms with Crippen LogP contribution in [0.3, 0.4) is 0 Å². The lowest BCUT2D eigenvalue weighted by molar-refractivity contribution is 0.186. The number of nitrogens with zero attached hydrogens (tertiary/aromatic N) is 3. The first kappa shape index (κ1) is 22.1. The van der Waals surface area contributed by atoms with E-state index in [2.05, 4.69) is 53.6 Å². The minimum absolute atomic E-state index is 0.587. The van der Waals surface area contributed by atoms with E-state index in [1.54, 1.807) is 14.2 Å². The molecule has 1 saturated heterocycles. The predicted octanol–water partition coefficient (Wildman–Crippen LogP) is 5.14. The Morgan fingerprint density at radius 3 is 2.39 bits per heavy atom. The van der Waals surface area contributed by atoms with E-state index in [0.717, 1.165) is 84.6 Å². The third kappa shape index (κ3) is 4.29. The molecule has 1 saturated carbocycles. The van der Waals surface area contributed by atoms with E-state index in [-0.39, 0.29) is 0 Å². The molecule has 1 unspecified atom stereocenters. The fraction of sp³-hybridized carbons (Fsp3) is 0.519. The molecular formula is C27H35N3O3. The number of rotatable bonds is 9. The van der Waals surface area contributed by atoms with E-state index >= 15 is 0 Å². The SMILES string of the molecule is CCc1nn2c(-c3c(OC)cc(C)cc3OC)cccc2c1N(CC1CC1)CC1CCOC1. The number of methoxy groups -OCH3 is 2. The Morgan fingerprint density at radius 1 is 1.06 bits per heavy atom. The number of pyridine rings is 1. The lowest BCUT2D eigenvalue weighted by Gasteiger charge is -2.27. The summed E-state index contributed by atoms with van der Waals surface area (Å²) in [4.78, 5) is 2.60. The van der Waals surface area contributed by atoms with Gasteiger partial charge in [-0.2, -0.15) is 5.10 Å². The molecular weight excluding hydrogens is 414 g/mol. The first-order chi connectivity index (χ1) is 16.1. The van der Waals surface area contributed by atoms with Gasteiger partial charge in [-0.3, -0.25) is 0 Å². The molecule has 176 valence electrons. The number of ether oxygens (including phenoxy) is 3. The summed E-state index contributed by atoms with van der Waals surface area (Å²) < 4.78 is 19.4. The molecule has 0 N–H and O–H groups in total.